The van der Waals surface area contributed by atoms with Crippen molar-refractivity contribution in [1.29, 1.82) is 0 Å². The van der Waals surface area contributed by atoms with Crippen LogP contribution in [0.3, 0.4) is 0 Å². The predicted molar refractivity (Wildman–Crippen MR) is 117 cm³/mol. The van der Waals surface area contributed by atoms with Gasteiger partial charge in [0.2, 0.25) is 0 Å². The minimum atomic E-state index is -4.78. The van der Waals surface area contributed by atoms with Crippen LogP contribution in [-0.2, 0) is 0 Å². The number of rotatable bonds is 6. The second kappa shape index (κ2) is 9.31. The lowest BCUT2D eigenvalue weighted by Crippen LogP contribution is -2.43. The first-order chi connectivity index (χ1) is 15.0. The summed E-state index contributed by atoms with van der Waals surface area (Å²) in [5, 5.41) is 6.60. The fraction of sp³-hybridized carbons (Fsp3) is 0.250. The molecule has 0 atom stereocenters. The van der Waals surface area contributed by atoms with Gasteiger partial charge in [0.25, 0.3) is 0 Å². The molecule has 4 nitrogen and oxygen atoms in total. The molecule has 0 radical (unpaired) electrons. The van der Waals surface area contributed by atoms with Crippen molar-refractivity contribution in [3.8, 4) is 5.75 Å². The van der Waals surface area contributed by atoms with Crippen molar-refractivity contribution in [3.05, 3.63) is 90.0 Å². The first-order valence-corrected chi connectivity index (χ1v) is 10.2. The van der Waals surface area contributed by atoms with Crippen LogP contribution in [0.4, 0.5) is 24.5 Å². The first-order valence-electron chi connectivity index (χ1n) is 10.2. The lowest BCUT2D eigenvalue weighted by molar-refractivity contribution is -0.274. The molecule has 1 heterocycles. The van der Waals surface area contributed by atoms with E-state index in [4.69, 9.17) is 0 Å². The monoisotopic (exact) mass is 427 g/mol. The van der Waals surface area contributed by atoms with Gasteiger partial charge in [-0.1, -0.05) is 60.7 Å². The van der Waals surface area contributed by atoms with Crippen LogP contribution >= 0.6 is 0 Å². The molecule has 4 rings (SSSR count). The van der Waals surface area contributed by atoms with Crippen LogP contribution in [0, 0.1) is 0 Å². The van der Waals surface area contributed by atoms with Gasteiger partial charge < -0.3 is 20.3 Å². The Balaban J connectivity index is 1.73. The molecule has 0 bridgehead atoms. The van der Waals surface area contributed by atoms with Crippen LogP contribution < -0.4 is 20.3 Å². The fourth-order valence-electron chi connectivity index (χ4n) is 3.77. The van der Waals surface area contributed by atoms with E-state index in [2.05, 4.69) is 20.3 Å². The topological polar surface area (TPSA) is 36.5 Å². The summed E-state index contributed by atoms with van der Waals surface area (Å²) in [6.07, 6.45) is -4.78. The zero-order valence-corrected chi connectivity index (χ0v) is 16.9. The summed E-state index contributed by atoms with van der Waals surface area (Å²) in [4.78, 5) is 2.15. The Hall–Kier alpha value is -3.19. The minimum Gasteiger partial charge on any atom is -0.404 e. The van der Waals surface area contributed by atoms with Crippen LogP contribution in [0.25, 0.3) is 0 Å². The van der Waals surface area contributed by atoms with Crippen LogP contribution in [0.15, 0.2) is 78.9 Å². The number of benzene rings is 3. The third kappa shape index (κ3) is 5.49. The van der Waals surface area contributed by atoms with E-state index in [9.17, 15) is 13.2 Å². The Morgan fingerprint density at radius 1 is 0.839 bits per heavy atom. The molecule has 0 saturated carbocycles. The highest BCUT2D eigenvalue weighted by Gasteiger charge is 2.33. The van der Waals surface area contributed by atoms with Crippen molar-refractivity contribution in [1.82, 2.24) is 5.32 Å². The number of anilines is 2. The molecule has 3 aromatic rings. The summed E-state index contributed by atoms with van der Waals surface area (Å²) in [5.41, 5.74) is 3.04. The Kier molecular flexibility index (Phi) is 6.32. The maximum atomic E-state index is 13.1. The molecule has 31 heavy (non-hydrogen) atoms. The smallest absolute Gasteiger partial charge is 0.404 e. The van der Waals surface area contributed by atoms with Gasteiger partial charge >= 0.3 is 6.36 Å². The van der Waals surface area contributed by atoms with Gasteiger partial charge in [-0.3, -0.25) is 0 Å². The minimum absolute atomic E-state index is 0.247. The van der Waals surface area contributed by atoms with Gasteiger partial charge in [0.05, 0.1) is 11.7 Å². The Bertz CT molecular complexity index is 935. The quantitative estimate of drug-likeness (QED) is 0.567. The lowest BCUT2D eigenvalue weighted by Gasteiger charge is -2.31. The van der Waals surface area contributed by atoms with E-state index in [0.717, 1.165) is 43.0 Å². The maximum absolute atomic E-state index is 13.1. The zero-order chi connectivity index (χ0) is 21.7. The second-order valence-electron chi connectivity index (χ2n) is 7.36. The van der Waals surface area contributed by atoms with Gasteiger partial charge in [0.15, 0.2) is 5.75 Å². The highest BCUT2D eigenvalue weighted by atomic mass is 19.4. The summed E-state index contributed by atoms with van der Waals surface area (Å²) < 4.78 is 43.6. The number of hydrogen-bond donors (Lipinski definition) is 2. The highest BCUT2D eigenvalue weighted by molar-refractivity contribution is 5.67. The zero-order valence-electron chi connectivity index (χ0n) is 16.9. The van der Waals surface area contributed by atoms with Crippen LogP contribution in [0.1, 0.15) is 17.2 Å². The van der Waals surface area contributed by atoms with Gasteiger partial charge in [-0.15, -0.1) is 13.2 Å². The maximum Gasteiger partial charge on any atom is 0.573 e. The number of hydrogen-bond acceptors (Lipinski definition) is 4. The lowest BCUT2D eigenvalue weighted by atomic mass is 9.98. The van der Waals surface area contributed by atoms with E-state index in [1.165, 1.54) is 6.07 Å². The van der Waals surface area contributed by atoms with Crippen LogP contribution in [0.5, 0.6) is 5.75 Å². The average Bonchev–Trinajstić information content (AvgIpc) is 2.79. The van der Waals surface area contributed by atoms with Gasteiger partial charge in [-0.2, -0.15) is 0 Å². The molecule has 1 fully saturated rings. The van der Waals surface area contributed by atoms with Gasteiger partial charge in [-0.25, -0.2) is 0 Å². The number of piperazine rings is 1. The molecule has 1 aliphatic rings. The normalized spacial score (nSPS) is 14.5. The summed E-state index contributed by atoms with van der Waals surface area (Å²) in [5.74, 6) is -0.247. The van der Waals surface area contributed by atoms with Crippen molar-refractivity contribution < 1.29 is 17.9 Å². The molecular weight excluding hydrogens is 403 g/mol. The molecule has 0 aliphatic carbocycles. The number of ether oxygens (including phenoxy) is 1. The fourth-order valence-corrected chi connectivity index (χ4v) is 3.77. The molecule has 162 valence electrons. The summed E-state index contributed by atoms with van der Waals surface area (Å²) in [6, 6.07) is 23.8. The SMILES string of the molecule is FC(F)(F)Oc1ccc(N2CCNCC2)cc1NC(c1ccccc1)c1ccccc1. The summed E-state index contributed by atoms with van der Waals surface area (Å²) in [7, 11) is 0. The van der Waals surface area contributed by atoms with Crippen molar-refractivity contribution in [3.63, 3.8) is 0 Å². The number of alkyl halides is 3. The van der Waals surface area contributed by atoms with E-state index >= 15 is 0 Å². The molecule has 1 saturated heterocycles. The molecule has 0 unspecified atom stereocenters. The van der Waals surface area contributed by atoms with Crippen LogP contribution in [0.2, 0.25) is 0 Å². The van der Waals surface area contributed by atoms with Crippen molar-refractivity contribution in [2.75, 3.05) is 36.4 Å². The number of nitrogens with one attached hydrogen (secondary N) is 2. The largest absolute Gasteiger partial charge is 0.573 e. The van der Waals surface area contributed by atoms with Crippen molar-refractivity contribution in [2.45, 2.75) is 12.4 Å². The van der Waals surface area contributed by atoms with Gasteiger partial charge in [0.1, 0.15) is 0 Å². The standard InChI is InChI=1S/C24H24F3N3O/c25-24(26,27)31-22-12-11-20(30-15-13-28-14-16-30)17-21(22)29-23(18-7-3-1-4-8-18)19-9-5-2-6-10-19/h1-12,17,23,28-29H,13-16H2. The Morgan fingerprint density at radius 2 is 1.42 bits per heavy atom. The molecule has 7 heteroatoms. The summed E-state index contributed by atoms with van der Waals surface area (Å²) in [6.45, 7) is 3.25. The van der Waals surface area contributed by atoms with E-state index < -0.39 is 6.36 Å². The highest BCUT2D eigenvalue weighted by Crippen LogP contribution is 2.37. The molecular formula is C24H24F3N3O. The number of nitrogens with zero attached hydrogens (tertiary/aromatic N) is 1. The predicted octanol–water partition coefficient (Wildman–Crippen LogP) is 5.20. The second-order valence-corrected chi connectivity index (χ2v) is 7.36. The van der Waals surface area contributed by atoms with Crippen molar-refractivity contribution in [2.24, 2.45) is 0 Å². The third-order valence-electron chi connectivity index (χ3n) is 5.24. The molecule has 0 amide bonds. The van der Waals surface area contributed by atoms with Gasteiger partial charge in [0, 0.05) is 31.9 Å². The Labute approximate surface area is 179 Å². The molecule has 2 N–H and O–H groups in total. The first kappa shape index (κ1) is 21.1. The van der Waals surface area contributed by atoms with E-state index in [0.29, 0.717) is 5.69 Å². The summed E-state index contributed by atoms with van der Waals surface area (Å²) >= 11 is 0. The van der Waals surface area contributed by atoms with E-state index in [1.54, 1.807) is 12.1 Å². The third-order valence-corrected chi connectivity index (χ3v) is 5.24. The molecule has 3 aromatic carbocycles. The Morgan fingerprint density at radius 3 is 1.97 bits per heavy atom. The molecule has 1 aliphatic heterocycles. The molecule has 0 aromatic heterocycles. The van der Waals surface area contributed by atoms with Gasteiger partial charge in [-0.05, 0) is 29.3 Å². The van der Waals surface area contributed by atoms with Crippen LogP contribution in [-0.4, -0.2) is 32.5 Å². The van der Waals surface area contributed by atoms with E-state index in [-0.39, 0.29) is 11.8 Å². The number of halogens is 3. The average molecular weight is 427 g/mol. The van der Waals surface area contributed by atoms with Crippen molar-refractivity contribution >= 4 is 11.4 Å². The molecule has 0 spiro atoms. The van der Waals surface area contributed by atoms with E-state index in [1.807, 2.05) is 60.7 Å².